The lowest BCUT2D eigenvalue weighted by atomic mass is 9.98. The number of allylic oxidation sites excluding steroid dienone is 1. The molecule has 0 spiro atoms. The first-order valence-electron chi connectivity index (χ1n) is 13.8. The van der Waals surface area contributed by atoms with Crippen molar-refractivity contribution in [2.24, 2.45) is 0 Å². The number of benzene rings is 1. The van der Waals surface area contributed by atoms with Gasteiger partial charge in [-0.25, -0.2) is 4.79 Å². The number of methoxy groups -OCH3 is 1. The van der Waals surface area contributed by atoms with Crippen molar-refractivity contribution in [2.75, 3.05) is 33.4 Å². The third-order valence-electron chi connectivity index (χ3n) is 6.04. The molecule has 1 aliphatic rings. The molecule has 38 heavy (non-hydrogen) atoms. The van der Waals surface area contributed by atoms with Gasteiger partial charge in [0.2, 0.25) is 0 Å². The highest BCUT2D eigenvalue weighted by Crippen LogP contribution is 2.34. The molecule has 1 atom stereocenters. The van der Waals surface area contributed by atoms with Crippen molar-refractivity contribution in [3.63, 3.8) is 0 Å². The number of likely N-dealkylation sites (tertiary alicyclic amines) is 1. The van der Waals surface area contributed by atoms with Crippen LogP contribution in [0.25, 0.3) is 6.08 Å². The first-order valence-corrected chi connectivity index (χ1v) is 13.8. The summed E-state index contributed by atoms with van der Waals surface area (Å²) in [6.45, 7) is 17.5. The molecule has 0 aromatic heterocycles. The van der Waals surface area contributed by atoms with E-state index in [0.29, 0.717) is 43.4 Å². The fourth-order valence-corrected chi connectivity index (χ4v) is 4.56. The number of nitrogens with zero attached hydrogens (tertiary/aromatic N) is 2. The van der Waals surface area contributed by atoms with Crippen molar-refractivity contribution < 1.29 is 28.5 Å². The van der Waals surface area contributed by atoms with Crippen LogP contribution in [-0.4, -0.2) is 79.0 Å². The highest BCUT2D eigenvalue weighted by molar-refractivity contribution is 5.99. The second kappa shape index (κ2) is 14.4. The molecule has 1 heterocycles. The monoisotopic (exact) mass is 532 g/mol. The van der Waals surface area contributed by atoms with Gasteiger partial charge in [0.15, 0.2) is 11.5 Å². The molecule has 1 fully saturated rings. The van der Waals surface area contributed by atoms with Crippen molar-refractivity contribution in [3.8, 4) is 11.5 Å². The van der Waals surface area contributed by atoms with Crippen LogP contribution >= 0.6 is 0 Å². The van der Waals surface area contributed by atoms with E-state index in [1.54, 1.807) is 18.1 Å². The Balaban J connectivity index is 2.43. The van der Waals surface area contributed by atoms with Crippen LogP contribution in [0.2, 0.25) is 0 Å². The number of amides is 2. The number of piperidine rings is 1. The van der Waals surface area contributed by atoms with Crippen LogP contribution in [0.15, 0.2) is 18.2 Å². The number of hydrogen-bond donors (Lipinski definition) is 0. The van der Waals surface area contributed by atoms with Crippen LogP contribution in [-0.2, 0) is 9.47 Å². The molecule has 0 N–H and O–H groups in total. The largest absolute Gasteiger partial charge is 0.490 e. The Morgan fingerprint density at radius 1 is 1.13 bits per heavy atom. The number of rotatable bonds is 11. The molecule has 2 amide bonds. The summed E-state index contributed by atoms with van der Waals surface area (Å²) in [5.41, 5.74) is 0.741. The standard InChI is InChI=1S/C30H48N2O6/c1-10-13-23-18-27(37-22(4)5)26(36-17-12-16-35-9)19-25(23)28(33)32(21(2)3)24-14-11-15-31(20-24)29(34)38-30(6,7)8/h10,13,18-19,21-22,24H,11-12,14-17,20H2,1-9H3/b13-10+/t24-/m1/s1. The van der Waals surface area contributed by atoms with E-state index < -0.39 is 5.60 Å². The fraction of sp³-hybridized carbons (Fsp3) is 0.667. The number of hydrogen-bond acceptors (Lipinski definition) is 6. The lowest BCUT2D eigenvalue weighted by Crippen LogP contribution is -2.54. The van der Waals surface area contributed by atoms with E-state index in [1.165, 1.54) is 0 Å². The highest BCUT2D eigenvalue weighted by atomic mass is 16.6. The van der Waals surface area contributed by atoms with Gasteiger partial charge in [0.25, 0.3) is 5.91 Å². The van der Waals surface area contributed by atoms with E-state index in [9.17, 15) is 9.59 Å². The SMILES string of the molecule is C/C=C/c1cc(OC(C)C)c(OCCCOC)cc1C(=O)N(C(C)C)[C@@H]1CCCN(C(=O)OC(C)(C)C)C1. The summed E-state index contributed by atoms with van der Waals surface area (Å²) in [7, 11) is 1.66. The molecule has 0 unspecified atom stereocenters. The van der Waals surface area contributed by atoms with E-state index in [0.717, 1.165) is 24.8 Å². The van der Waals surface area contributed by atoms with Crippen LogP contribution in [0.4, 0.5) is 4.79 Å². The van der Waals surface area contributed by atoms with E-state index >= 15 is 0 Å². The second-order valence-corrected chi connectivity index (χ2v) is 11.3. The minimum Gasteiger partial charge on any atom is -0.490 e. The molecule has 2 rings (SSSR count). The zero-order chi connectivity index (χ0) is 28.5. The van der Waals surface area contributed by atoms with Gasteiger partial charge >= 0.3 is 6.09 Å². The molecular weight excluding hydrogens is 484 g/mol. The van der Waals surface area contributed by atoms with E-state index in [2.05, 4.69) is 0 Å². The quantitative estimate of drug-likeness (QED) is 0.317. The molecule has 0 radical (unpaired) electrons. The lowest BCUT2D eigenvalue weighted by Gasteiger charge is -2.41. The maximum Gasteiger partial charge on any atom is 0.410 e. The minimum atomic E-state index is -0.571. The van der Waals surface area contributed by atoms with Crippen LogP contribution in [0.1, 0.15) is 90.6 Å². The fourth-order valence-electron chi connectivity index (χ4n) is 4.56. The van der Waals surface area contributed by atoms with Gasteiger partial charge in [-0.1, -0.05) is 12.2 Å². The Labute approximate surface area is 229 Å². The smallest absolute Gasteiger partial charge is 0.410 e. The van der Waals surface area contributed by atoms with Crippen LogP contribution in [0.3, 0.4) is 0 Å². The molecule has 214 valence electrons. The number of ether oxygens (including phenoxy) is 4. The summed E-state index contributed by atoms with van der Waals surface area (Å²) in [6, 6.07) is 3.49. The molecule has 0 saturated carbocycles. The average molecular weight is 533 g/mol. The zero-order valence-corrected chi connectivity index (χ0v) is 24.8. The summed E-state index contributed by atoms with van der Waals surface area (Å²) in [5, 5.41) is 0. The summed E-state index contributed by atoms with van der Waals surface area (Å²) in [6.07, 6.45) is 5.78. The van der Waals surface area contributed by atoms with Gasteiger partial charge < -0.3 is 28.7 Å². The molecule has 8 heteroatoms. The maximum absolute atomic E-state index is 14.2. The normalized spacial score (nSPS) is 16.3. The summed E-state index contributed by atoms with van der Waals surface area (Å²) < 4.78 is 22.9. The molecular formula is C30H48N2O6. The maximum atomic E-state index is 14.2. The van der Waals surface area contributed by atoms with Crippen molar-refractivity contribution in [1.82, 2.24) is 9.80 Å². The van der Waals surface area contributed by atoms with Crippen LogP contribution in [0, 0.1) is 0 Å². The first kappa shape index (κ1) is 31.5. The minimum absolute atomic E-state index is 0.0513. The van der Waals surface area contributed by atoms with E-state index in [-0.39, 0.29) is 30.2 Å². The van der Waals surface area contributed by atoms with E-state index in [4.69, 9.17) is 18.9 Å². The van der Waals surface area contributed by atoms with Gasteiger partial charge in [0, 0.05) is 39.3 Å². The summed E-state index contributed by atoms with van der Waals surface area (Å²) >= 11 is 0. The Morgan fingerprint density at radius 2 is 1.84 bits per heavy atom. The molecule has 1 aromatic carbocycles. The topological polar surface area (TPSA) is 77.5 Å². The molecule has 0 bridgehead atoms. The Kier molecular flexibility index (Phi) is 11.9. The number of carbonyl (C=O) groups is 2. The molecule has 0 aliphatic carbocycles. The van der Waals surface area contributed by atoms with Gasteiger partial charge in [-0.3, -0.25) is 4.79 Å². The van der Waals surface area contributed by atoms with Crippen LogP contribution in [0.5, 0.6) is 11.5 Å². The summed E-state index contributed by atoms with van der Waals surface area (Å²) in [5.74, 6) is 1.04. The molecule has 8 nitrogen and oxygen atoms in total. The third kappa shape index (κ3) is 9.22. The van der Waals surface area contributed by atoms with Crippen molar-refractivity contribution in [1.29, 1.82) is 0 Å². The lowest BCUT2D eigenvalue weighted by molar-refractivity contribution is 0.00751. The van der Waals surface area contributed by atoms with E-state index in [1.807, 2.05) is 78.5 Å². The average Bonchev–Trinajstić information content (AvgIpc) is 2.81. The van der Waals surface area contributed by atoms with Crippen molar-refractivity contribution >= 4 is 18.1 Å². The highest BCUT2D eigenvalue weighted by Gasteiger charge is 2.35. The zero-order valence-electron chi connectivity index (χ0n) is 24.8. The van der Waals surface area contributed by atoms with Crippen molar-refractivity contribution in [3.05, 3.63) is 29.3 Å². The Bertz CT molecular complexity index is 951. The van der Waals surface area contributed by atoms with Crippen LogP contribution < -0.4 is 9.47 Å². The second-order valence-electron chi connectivity index (χ2n) is 11.3. The third-order valence-corrected chi connectivity index (χ3v) is 6.04. The van der Waals surface area contributed by atoms with Gasteiger partial charge in [-0.2, -0.15) is 0 Å². The molecule has 1 aliphatic heterocycles. The Morgan fingerprint density at radius 3 is 2.42 bits per heavy atom. The predicted octanol–water partition coefficient (Wildman–Crippen LogP) is 6.17. The number of carbonyl (C=O) groups excluding carboxylic acids is 2. The first-order chi connectivity index (χ1) is 17.9. The van der Waals surface area contributed by atoms with Crippen molar-refractivity contribution in [2.45, 2.75) is 98.4 Å². The van der Waals surface area contributed by atoms with Gasteiger partial charge in [0.05, 0.1) is 24.3 Å². The summed E-state index contributed by atoms with van der Waals surface area (Å²) in [4.78, 5) is 30.6. The molecule has 1 saturated heterocycles. The van der Waals surface area contributed by atoms with Gasteiger partial charge in [0.1, 0.15) is 5.60 Å². The predicted molar refractivity (Wildman–Crippen MR) is 151 cm³/mol. The molecule has 1 aromatic rings. The van der Waals surface area contributed by atoms with Gasteiger partial charge in [-0.15, -0.1) is 0 Å². The Hall–Kier alpha value is -2.74. The van der Waals surface area contributed by atoms with Gasteiger partial charge in [-0.05, 0) is 85.9 Å².